The number of nitrogens with one attached hydrogen (secondary N) is 1. The summed E-state index contributed by atoms with van der Waals surface area (Å²) in [6.07, 6.45) is 1.63. The molecule has 0 aromatic carbocycles. The molecule has 1 aliphatic heterocycles. The van der Waals surface area contributed by atoms with Crippen LogP contribution in [-0.4, -0.2) is 42.7 Å². The average Bonchev–Trinajstić information content (AvgIpc) is 2.77. The van der Waals surface area contributed by atoms with Gasteiger partial charge in [-0.3, -0.25) is 0 Å². The van der Waals surface area contributed by atoms with Crippen molar-refractivity contribution in [1.29, 1.82) is 0 Å². The maximum absolute atomic E-state index is 12.5. The van der Waals surface area contributed by atoms with Gasteiger partial charge in [-0.2, -0.15) is 17.4 Å². The predicted octanol–water partition coefficient (Wildman–Crippen LogP) is 0.891. The van der Waals surface area contributed by atoms with Crippen LogP contribution in [0, 0.1) is 19.8 Å². The van der Waals surface area contributed by atoms with Gasteiger partial charge < -0.3 is 9.63 Å². The topological polar surface area (TPSA) is 95.7 Å². The lowest BCUT2D eigenvalue weighted by Gasteiger charge is -2.31. The van der Waals surface area contributed by atoms with Crippen molar-refractivity contribution in [3.63, 3.8) is 0 Å². The fourth-order valence-electron chi connectivity index (χ4n) is 2.86. The molecule has 2 N–H and O–H groups in total. The standard InChI is InChI=1S/C13H23N3O4S/c1-9-13(11(3)20-14-9)10(2)15-21(18,19)16-6-4-5-12(7-16)8-17/h10,12,15,17H,4-8H2,1-3H3. The van der Waals surface area contributed by atoms with Gasteiger partial charge in [-0.1, -0.05) is 5.16 Å². The van der Waals surface area contributed by atoms with Gasteiger partial charge in [0.1, 0.15) is 5.76 Å². The van der Waals surface area contributed by atoms with E-state index in [1.54, 1.807) is 20.8 Å². The van der Waals surface area contributed by atoms with Gasteiger partial charge in [-0.25, -0.2) is 0 Å². The summed E-state index contributed by atoms with van der Waals surface area (Å²) in [6.45, 7) is 6.20. The Balaban J connectivity index is 2.10. The Morgan fingerprint density at radius 1 is 1.52 bits per heavy atom. The highest BCUT2D eigenvalue weighted by atomic mass is 32.2. The molecule has 0 radical (unpaired) electrons. The van der Waals surface area contributed by atoms with Crippen LogP contribution in [0.15, 0.2) is 4.52 Å². The third kappa shape index (κ3) is 3.63. The molecule has 2 unspecified atom stereocenters. The molecule has 0 amide bonds. The molecular weight excluding hydrogens is 294 g/mol. The van der Waals surface area contributed by atoms with Crippen molar-refractivity contribution in [2.24, 2.45) is 5.92 Å². The summed E-state index contributed by atoms with van der Waals surface area (Å²) < 4.78 is 34.1. The number of aliphatic hydroxyl groups is 1. The number of aliphatic hydroxyl groups excluding tert-OH is 1. The Hall–Kier alpha value is -0.960. The lowest BCUT2D eigenvalue weighted by atomic mass is 10.0. The number of nitrogens with zero attached hydrogens (tertiary/aromatic N) is 2. The van der Waals surface area contributed by atoms with Gasteiger partial charge in [-0.15, -0.1) is 0 Å². The Bertz CT molecular complexity index is 565. The van der Waals surface area contributed by atoms with E-state index in [0.717, 1.165) is 18.4 Å². The summed E-state index contributed by atoms with van der Waals surface area (Å²) >= 11 is 0. The minimum atomic E-state index is -3.58. The van der Waals surface area contributed by atoms with Crippen molar-refractivity contribution in [2.75, 3.05) is 19.7 Å². The highest BCUT2D eigenvalue weighted by molar-refractivity contribution is 7.87. The van der Waals surface area contributed by atoms with E-state index in [9.17, 15) is 13.5 Å². The van der Waals surface area contributed by atoms with Gasteiger partial charge in [0.25, 0.3) is 10.2 Å². The molecule has 0 spiro atoms. The SMILES string of the molecule is Cc1noc(C)c1C(C)NS(=O)(=O)N1CCCC(CO)C1. The van der Waals surface area contributed by atoms with Crippen LogP contribution in [0.1, 0.15) is 42.8 Å². The monoisotopic (exact) mass is 317 g/mol. The summed E-state index contributed by atoms with van der Waals surface area (Å²) in [5.41, 5.74) is 1.46. The minimum Gasteiger partial charge on any atom is -0.396 e. The molecule has 0 saturated carbocycles. The van der Waals surface area contributed by atoms with E-state index < -0.39 is 16.3 Å². The van der Waals surface area contributed by atoms with Crippen LogP contribution >= 0.6 is 0 Å². The van der Waals surface area contributed by atoms with Gasteiger partial charge in [0, 0.05) is 25.3 Å². The second kappa shape index (κ2) is 6.43. The number of aromatic nitrogens is 1. The Kier molecular flexibility index (Phi) is 5.03. The van der Waals surface area contributed by atoms with Gasteiger partial charge in [-0.05, 0) is 39.5 Å². The quantitative estimate of drug-likeness (QED) is 0.841. The fraction of sp³-hybridized carbons (Fsp3) is 0.769. The Morgan fingerprint density at radius 3 is 2.81 bits per heavy atom. The molecular formula is C13H23N3O4S. The van der Waals surface area contributed by atoms with Crippen molar-refractivity contribution in [2.45, 2.75) is 39.7 Å². The van der Waals surface area contributed by atoms with Crippen LogP contribution in [0.4, 0.5) is 0 Å². The second-order valence-corrected chi connectivity index (χ2v) is 7.33. The molecule has 2 atom stereocenters. The predicted molar refractivity (Wildman–Crippen MR) is 77.8 cm³/mol. The third-order valence-corrected chi connectivity index (χ3v) is 5.59. The van der Waals surface area contributed by atoms with Gasteiger partial charge in [0.05, 0.1) is 11.7 Å². The van der Waals surface area contributed by atoms with E-state index in [-0.39, 0.29) is 12.5 Å². The maximum atomic E-state index is 12.5. The molecule has 1 saturated heterocycles. The van der Waals surface area contributed by atoms with Crippen molar-refractivity contribution >= 4 is 10.2 Å². The second-order valence-electron chi connectivity index (χ2n) is 5.63. The normalized spacial score (nSPS) is 22.4. The van der Waals surface area contributed by atoms with E-state index in [4.69, 9.17) is 4.52 Å². The zero-order valence-electron chi connectivity index (χ0n) is 12.7. The first-order valence-corrected chi connectivity index (χ1v) is 8.60. The van der Waals surface area contributed by atoms with Crippen LogP contribution in [-0.2, 0) is 10.2 Å². The van der Waals surface area contributed by atoms with E-state index in [0.29, 0.717) is 24.5 Å². The molecule has 7 nitrogen and oxygen atoms in total. The highest BCUT2D eigenvalue weighted by Gasteiger charge is 2.30. The molecule has 0 aliphatic carbocycles. The Morgan fingerprint density at radius 2 is 2.24 bits per heavy atom. The zero-order valence-corrected chi connectivity index (χ0v) is 13.5. The summed E-state index contributed by atoms with van der Waals surface area (Å²) in [5.74, 6) is 0.638. The molecule has 2 rings (SSSR count). The molecule has 1 fully saturated rings. The van der Waals surface area contributed by atoms with Crippen LogP contribution in [0.3, 0.4) is 0 Å². The summed E-state index contributed by atoms with van der Waals surface area (Å²) in [7, 11) is -3.58. The largest absolute Gasteiger partial charge is 0.396 e. The van der Waals surface area contributed by atoms with Gasteiger partial charge in [0.15, 0.2) is 0 Å². The zero-order chi connectivity index (χ0) is 15.6. The molecule has 2 heterocycles. The molecule has 1 aromatic heterocycles. The first kappa shape index (κ1) is 16.4. The summed E-state index contributed by atoms with van der Waals surface area (Å²) in [4.78, 5) is 0. The van der Waals surface area contributed by atoms with Gasteiger partial charge in [0.2, 0.25) is 0 Å². The van der Waals surface area contributed by atoms with Gasteiger partial charge >= 0.3 is 0 Å². The smallest absolute Gasteiger partial charge is 0.280 e. The van der Waals surface area contributed by atoms with Crippen molar-refractivity contribution in [3.05, 3.63) is 17.0 Å². The Labute approximate surface area is 125 Å². The number of piperidine rings is 1. The van der Waals surface area contributed by atoms with Crippen molar-refractivity contribution < 1.29 is 18.0 Å². The van der Waals surface area contributed by atoms with E-state index in [1.165, 1.54) is 4.31 Å². The van der Waals surface area contributed by atoms with E-state index >= 15 is 0 Å². The number of aryl methyl sites for hydroxylation is 2. The molecule has 1 aromatic rings. The first-order valence-electron chi connectivity index (χ1n) is 7.16. The first-order chi connectivity index (χ1) is 9.85. The summed E-state index contributed by atoms with van der Waals surface area (Å²) in [5, 5.41) is 13.1. The third-order valence-electron chi connectivity index (χ3n) is 3.93. The lowest BCUT2D eigenvalue weighted by molar-refractivity contribution is 0.164. The summed E-state index contributed by atoms with van der Waals surface area (Å²) in [6, 6.07) is -0.407. The van der Waals surface area contributed by atoms with Crippen molar-refractivity contribution in [1.82, 2.24) is 14.2 Å². The molecule has 0 bridgehead atoms. The van der Waals surface area contributed by atoms with Crippen LogP contribution in [0.25, 0.3) is 0 Å². The molecule has 120 valence electrons. The number of rotatable bonds is 5. The number of hydrogen-bond acceptors (Lipinski definition) is 5. The molecule has 21 heavy (non-hydrogen) atoms. The van der Waals surface area contributed by atoms with E-state index in [1.807, 2.05) is 0 Å². The van der Waals surface area contributed by atoms with Crippen LogP contribution in [0.5, 0.6) is 0 Å². The highest BCUT2D eigenvalue weighted by Crippen LogP contribution is 2.24. The van der Waals surface area contributed by atoms with Crippen molar-refractivity contribution in [3.8, 4) is 0 Å². The van der Waals surface area contributed by atoms with Crippen LogP contribution < -0.4 is 4.72 Å². The fourth-order valence-corrected chi connectivity index (χ4v) is 4.35. The van der Waals surface area contributed by atoms with E-state index in [2.05, 4.69) is 9.88 Å². The number of hydrogen-bond donors (Lipinski definition) is 2. The maximum Gasteiger partial charge on any atom is 0.280 e. The van der Waals surface area contributed by atoms with Crippen LogP contribution in [0.2, 0.25) is 0 Å². The average molecular weight is 317 g/mol. The molecule has 8 heteroatoms. The minimum absolute atomic E-state index is 0.0182. The molecule has 1 aliphatic rings. The lowest BCUT2D eigenvalue weighted by Crippen LogP contribution is -2.47.